The van der Waals surface area contributed by atoms with Crippen LogP contribution in [0.5, 0.6) is 0 Å². The number of para-hydroxylation sites is 1. The Kier molecular flexibility index (Phi) is 5.51. The molecular formula is C21H22N6O2. The number of amides is 1. The number of carboxylic acid groups (broad SMARTS) is 1. The van der Waals surface area contributed by atoms with Crippen LogP contribution in [0.1, 0.15) is 12.8 Å². The molecule has 0 spiro atoms. The summed E-state index contributed by atoms with van der Waals surface area (Å²) in [7, 11) is 0. The average molecular weight is 390 g/mol. The van der Waals surface area contributed by atoms with E-state index in [0.717, 1.165) is 11.3 Å². The van der Waals surface area contributed by atoms with Crippen molar-refractivity contribution in [1.82, 2.24) is 19.9 Å². The molecule has 4 rings (SSSR count). The topological polar surface area (TPSA) is 103 Å². The van der Waals surface area contributed by atoms with E-state index in [1.807, 2.05) is 60.7 Å². The van der Waals surface area contributed by atoms with E-state index < -0.39 is 6.09 Å². The highest BCUT2D eigenvalue weighted by Gasteiger charge is 2.23. The number of piperidine rings is 1. The standard InChI is InChI=1S/C21H22N6O2/c28-21(29)27-13-11-17(12-14-27)23-20-25-18(15-7-3-1-4-8-15)24-19(26-20)22-16-9-5-2-6-10-16/h1-10,17H,11-14H2,(H,28,29)(H2,22,23,24,25,26). The molecule has 1 fully saturated rings. The Hall–Kier alpha value is -3.68. The van der Waals surface area contributed by atoms with Gasteiger partial charge in [-0.25, -0.2) is 4.79 Å². The quantitative estimate of drug-likeness (QED) is 0.608. The molecule has 29 heavy (non-hydrogen) atoms. The van der Waals surface area contributed by atoms with E-state index in [-0.39, 0.29) is 6.04 Å². The Morgan fingerprint density at radius 1 is 0.897 bits per heavy atom. The summed E-state index contributed by atoms with van der Waals surface area (Å²) in [5.74, 6) is 1.51. The monoisotopic (exact) mass is 390 g/mol. The van der Waals surface area contributed by atoms with Crippen molar-refractivity contribution in [1.29, 1.82) is 0 Å². The lowest BCUT2D eigenvalue weighted by atomic mass is 10.1. The van der Waals surface area contributed by atoms with Crippen molar-refractivity contribution in [3.05, 3.63) is 60.7 Å². The van der Waals surface area contributed by atoms with Crippen molar-refractivity contribution in [3.8, 4) is 11.4 Å². The number of nitrogens with zero attached hydrogens (tertiary/aromatic N) is 4. The minimum absolute atomic E-state index is 0.112. The molecule has 0 radical (unpaired) electrons. The fraction of sp³-hybridized carbons (Fsp3) is 0.238. The first-order valence-electron chi connectivity index (χ1n) is 9.55. The van der Waals surface area contributed by atoms with Crippen LogP contribution in [0.3, 0.4) is 0 Å². The normalized spacial score (nSPS) is 14.4. The third kappa shape index (κ3) is 4.78. The smallest absolute Gasteiger partial charge is 0.407 e. The molecule has 148 valence electrons. The lowest BCUT2D eigenvalue weighted by Gasteiger charge is -2.30. The third-order valence-electron chi connectivity index (χ3n) is 4.80. The molecule has 2 heterocycles. The van der Waals surface area contributed by atoms with Crippen molar-refractivity contribution in [2.24, 2.45) is 0 Å². The molecule has 8 nitrogen and oxygen atoms in total. The number of carbonyl (C=O) groups is 1. The van der Waals surface area contributed by atoms with Crippen LogP contribution in [-0.2, 0) is 0 Å². The van der Waals surface area contributed by atoms with Crippen LogP contribution in [-0.4, -0.2) is 50.2 Å². The van der Waals surface area contributed by atoms with Crippen molar-refractivity contribution < 1.29 is 9.90 Å². The Labute approximate surface area is 168 Å². The van der Waals surface area contributed by atoms with Gasteiger partial charge in [-0.15, -0.1) is 0 Å². The number of nitrogens with one attached hydrogen (secondary N) is 2. The Morgan fingerprint density at radius 3 is 2.17 bits per heavy atom. The van der Waals surface area contributed by atoms with Gasteiger partial charge < -0.3 is 20.6 Å². The van der Waals surface area contributed by atoms with E-state index in [2.05, 4.69) is 25.6 Å². The summed E-state index contributed by atoms with van der Waals surface area (Å²) in [4.78, 5) is 26.2. The number of hydrogen-bond acceptors (Lipinski definition) is 6. The van der Waals surface area contributed by atoms with E-state index in [0.29, 0.717) is 43.7 Å². The number of hydrogen-bond donors (Lipinski definition) is 3. The predicted molar refractivity (Wildman–Crippen MR) is 111 cm³/mol. The molecule has 0 atom stereocenters. The van der Waals surface area contributed by atoms with Crippen LogP contribution in [0.15, 0.2) is 60.7 Å². The van der Waals surface area contributed by atoms with Crippen LogP contribution >= 0.6 is 0 Å². The van der Waals surface area contributed by atoms with E-state index in [4.69, 9.17) is 5.11 Å². The third-order valence-corrected chi connectivity index (χ3v) is 4.80. The largest absolute Gasteiger partial charge is 0.465 e. The zero-order valence-electron chi connectivity index (χ0n) is 15.8. The molecule has 1 saturated heterocycles. The van der Waals surface area contributed by atoms with Gasteiger partial charge in [0.15, 0.2) is 5.82 Å². The maximum atomic E-state index is 11.1. The van der Waals surface area contributed by atoms with Gasteiger partial charge >= 0.3 is 6.09 Å². The Bertz CT molecular complexity index is 959. The van der Waals surface area contributed by atoms with Gasteiger partial charge in [0.25, 0.3) is 0 Å². The van der Waals surface area contributed by atoms with Gasteiger partial charge in [0, 0.05) is 30.4 Å². The van der Waals surface area contributed by atoms with Gasteiger partial charge in [-0.2, -0.15) is 15.0 Å². The fourth-order valence-electron chi connectivity index (χ4n) is 3.26. The Morgan fingerprint density at radius 2 is 1.52 bits per heavy atom. The van der Waals surface area contributed by atoms with Gasteiger partial charge in [0.1, 0.15) is 0 Å². The fourth-order valence-corrected chi connectivity index (χ4v) is 3.26. The Balaban J connectivity index is 1.57. The van der Waals surface area contributed by atoms with Crippen LogP contribution in [0, 0.1) is 0 Å². The summed E-state index contributed by atoms with van der Waals surface area (Å²) in [6.07, 6.45) is 0.546. The zero-order chi connectivity index (χ0) is 20.1. The summed E-state index contributed by atoms with van der Waals surface area (Å²) in [6, 6.07) is 19.6. The SMILES string of the molecule is O=C(O)N1CCC(Nc2nc(Nc3ccccc3)nc(-c3ccccc3)n2)CC1. The zero-order valence-corrected chi connectivity index (χ0v) is 15.8. The molecule has 0 bridgehead atoms. The number of benzene rings is 2. The van der Waals surface area contributed by atoms with Gasteiger partial charge in [-0.3, -0.25) is 0 Å². The molecule has 3 aromatic rings. The lowest BCUT2D eigenvalue weighted by molar-refractivity contribution is 0.133. The molecule has 2 aromatic carbocycles. The number of anilines is 3. The summed E-state index contributed by atoms with van der Waals surface area (Å²) in [6.45, 7) is 0.998. The second kappa shape index (κ2) is 8.55. The predicted octanol–water partition coefficient (Wildman–Crippen LogP) is 3.84. The van der Waals surface area contributed by atoms with Crippen molar-refractivity contribution in [2.75, 3.05) is 23.7 Å². The van der Waals surface area contributed by atoms with E-state index in [9.17, 15) is 4.79 Å². The molecular weight excluding hydrogens is 368 g/mol. The van der Waals surface area contributed by atoms with Crippen molar-refractivity contribution >= 4 is 23.7 Å². The second-order valence-corrected chi connectivity index (χ2v) is 6.85. The summed E-state index contributed by atoms with van der Waals surface area (Å²) in [5, 5.41) is 15.7. The van der Waals surface area contributed by atoms with Crippen LogP contribution < -0.4 is 10.6 Å². The highest BCUT2D eigenvalue weighted by atomic mass is 16.4. The molecule has 3 N–H and O–H groups in total. The maximum absolute atomic E-state index is 11.1. The van der Waals surface area contributed by atoms with E-state index in [1.54, 1.807) is 0 Å². The summed E-state index contributed by atoms with van der Waals surface area (Å²) in [5.41, 5.74) is 1.79. The lowest BCUT2D eigenvalue weighted by Crippen LogP contribution is -2.41. The van der Waals surface area contributed by atoms with Gasteiger partial charge in [-0.05, 0) is 25.0 Å². The maximum Gasteiger partial charge on any atom is 0.407 e. The highest BCUT2D eigenvalue weighted by molar-refractivity contribution is 5.65. The van der Waals surface area contributed by atoms with Crippen molar-refractivity contribution in [2.45, 2.75) is 18.9 Å². The van der Waals surface area contributed by atoms with E-state index >= 15 is 0 Å². The van der Waals surface area contributed by atoms with Gasteiger partial charge in [0.2, 0.25) is 11.9 Å². The summed E-state index contributed by atoms with van der Waals surface area (Å²) < 4.78 is 0. The first-order chi connectivity index (χ1) is 14.2. The molecule has 1 aliphatic heterocycles. The van der Waals surface area contributed by atoms with Gasteiger partial charge in [-0.1, -0.05) is 48.5 Å². The molecule has 0 saturated carbocycles. The molecule has 8 heteroatoms. The average Bonchev–Trinajstić information content (AvgIpc) is 2.75. The number of aromatic nitrogens is 3. The molecule has 1 aromatic heterocycles. The van der Waals surface area contributed by atoms with Crippen molar-refractivity contribution in [3.63, 3.8) is 0 Å². The molecule has 0 unspecified atom stereocenters. The van der Waals surface area contributed by atoms with Crippen LogP contribution in [0.25, 0.3) is 11.4 Å². The first kappa shape index (κ1) is 18.7. The second-order valence-electron chi connectivity index (χ2n) is 6.85. The molecule has 0 aliphatic carbocycles. The van der Waals surface area contributed by atoms with Crippen LogP contribution in [0.4, 0.5) is 22.4 Å². The molecule has 1 aliphatic rings. The van der Waals surface area contributed by atoms with E-state index in [1.165, 1.54) is 4.90 Å². The number of rotatable bonds is 5. The molecule has 1 amide bonds. The highest BCUT2D eigenvalue weighted by Crippen LogP contribution is 2.21. The first-order valence-corrected chi connectivity index (χ1v) is 9.55. The minimum atomic E-state index is -0.871. The minimum Gasteiger partial charge on any atom is -0.465 e. The number of likely N-dealkylation sites (tertiary alicyclic amines) is 1. The van der Waals surface area contributed by atoms with Crippen LogP contribution in [0.2, 0.25) is 0 Å². The summed E-state index contributed by atoms with van der Waals surface area (Å²) >= 11 is 0. The van der Waals surface area contributed by atoms with Gasteiger partial charge in [0.05, 0.1) is 0 Å².